The number of hydrogen-bond donors (Lipinski definition) is 0. The van der Waals surface area contributed by atoms with Crippen LogP contribution in [0.5, 0.6) is 0 Å². The molecule has 48 heavy (non-hydrogen) atoms. The largest absolute Gasteiger partial charge is 0.456 e. The van der Waals surface area contributed by atoms with E-state index in [1.54, 1.807) is 0 Å². The van der Waals surface area contributed by atoms with E-state index in [0.29, 0.717) is 0 Å². The molecule has 9 aromatic rings. The van der Waals surface area contributed by atoms with Crippen LogP contribution in [0, 0.1) is 11.2 Å². The quantitative estimate of drug-likeness (QED) is 0.139. The zero-order chi connectivity index (χ0) is 31.9. The summed E-state index contributed by atoms with van der Waals surface area (Å²) in [5.41, 5.74) is 5.24. The van der Waals surface area contributed by atoms with Gasteiger partial charge in [-0.2, -0.15) is 0 Å². The Morgan fingerprint density at radius 3 is 1.35 bits per heavy atom. The first-order chi connectivity index (χ1) is 23.8. The minimum Gasteiger partial charge on any atom is -0.456 e. The van der Waals surface area contributed by atoms with Crippen molar-refractivity contribution in [2.24, 2.45) is 0 Å². The standard InChI is InChI=1S/C46H30OS/c1-4-16-34(17-5-1)48(35-18-6-2-7-19-35,36-20-8-3-9-21-36)31-30-39-37-22-10-12-25-41(37)46(42-26-13-11-23-38(39)42)33-28-29-45-43(32-33)40-24-14-15-27-44(40)47-45/h1-29,32H. The van der Waals surface area contributed by atoms with Gasteiger partial charge in [0.1, 0.15) is 11.2 Å². The van der Waals surface area contributed by atoms with Crippen LogP contribution in [0.15, 0.2) is 201 Å². The van der Waals surface area contributed by atoms with Crippen molar-refractivity contribution >= 4 is 53.5 Å². The first kappa shape index (κ1) is 28.2. The molecule has 0 fully saturated rings. The first-order valence-electron chi connectivity index (χ1n) is 16.2. The first-order valence-corrected chi connectivity index (χ1v) is 17.8. The Hall–Kier alpha value is -6.01. The molecular weight excluding hydrogens is 601 g/mol. The molecule has 1 heterocycles. The van der Waals surface area contributed by atoms with Crippen LogP contribution in [-0.2, 0) is 0 Å². The van der Waals surface area contributed by atoms with Crippen molar-refractivity contribution in [1.29, 1.82) is 0 Å². The molecule has 1 nitrogen and oxygen atoms in total. The average Bonchev–Trinajstić information content (AvgIpc) is 3.54. The summed E-state index contributed by atoms with van der Waals surface area (Å²) in [6, 6.07) is 64.8. The summed E-state index contributed by atoms with van der Waals surface area (Å²) < 4.78 is 6.19. The Labute approximate surface area is 281 Å². The molecule has 0 aliphatic heterocycles. The zero-order valence-electron chi connectivity index (χ0n) is 26.1. The number of rotatable bonds is 4. The summed E-state index contributed by atoms with van der Waals surface area (Å²) in [5.74, 6) is 3.87. The van der Waals surface area contributed by atoms with Crippen molar-refractivity contribution in [3.63, 3.8) is 0 Å². The molecule has 0 N–H and O–H groups in total. The smallest absolute Gasteiger partial charge is 0.135 e. The molecule has 0 aliphatic carbocycles. The van der Waals surface area contributed by atoms with Gasteiger partial charge in [0.05, 0.1) is 0 Å². The lowest BCUT2D eigenvalue weighted by Crippen LogP contribution is -2.01. The maximum atomic E-state index is 6.19. The Balaban J connectivity index is 1.35. The van der Waals surface area contributed by atoms with Crippen LogP contribution < -0.4 is 0 Å². The van der Waals surface area contributed by atoms with E-state index in [2.05, 4.69) is 181 Å². The summed E-state index contributed by atoms with van der Waals surface area (Å²) in [6.07, 6.45) is 0. The summed E-state index contributed by atoms with van der Waals surface area (Å²) >= 11 is 0. The molecule has 0 aliphatic rings. The summed E-state index contributed by atoms with van der Waals surface area (Å²) in [6.45, 7) is 0. The fourth-order valence-electron chi connectivity index (χ4n) is 7.04. The molecule has 0 unspecified atom stereocenters. The van der Waals surface area contributed by atoms with Crippen molar-refractivity contribution < 1.29 is 4.42 Å². The van der Waals surface area contributed by atoms with Gasteiger partial charge in [0.15, 0.2) is 0 Å². The fourth-order valence-corrected chi connectivity index (χ4v) is 10.2. The maximum Gasteiger partial charge on any atom is 0.135 e. The van der Waals surface area contributed by atoms with Crippen LogP contribution in [0.25, 0.3) is 54.6 Å². The molecule has 0 amide bonds. The third-order valence-corrected chi connectivity index (χ3v) is 12.6. The van der Waals surface area contributed by atoms with Gasteiger partial charge in [-0.3, -0.25) is 0 Å². The zero-order valence-corrected chi connectivity index (χ0v) is 27.0. The Morgan fingerprint density at radius 2 is 0.812 bits per heavy atom. The molecule has 0 atom stereocenters. The molecule has 0 bridgehead atoms. The second-order valence-corrected chi connectivity index (χ2v) is 14.8. The molecule has 226 valence electrons. The lowest BCUT2D eigenvalue weighted by molar-refractivity contribution is 0.669. The highest BCUT2D eigenvalue weighted by Crippen LogP contribution is 2.67. The number of fused-ring (bicyclic) bond motifs is 5. The Kier molecular flexibility index (Phi) is 6.86. The topological polar surface area (TPSA) is 13.1 Å². The van der Waals surface area contributed by atoms with Gasteiger partial charge in [0, 0.05) is 31.0 Å². The van der Waals surface area contributed by atoms with Crippen molar-refractivity contribution in [3.05, 3.63) is 188 Å². The van der Waals surface area contributed by atoms with E-state index < -0.39 is 10.0 Å². The van der Waals surface area contributed by atoms with Gasteiger partial charge in [-0.25, -0.2) is 0 Å². The fraction of sp³-hybridized carbons (Fsp3) is 0. The number of furan rings is 1. The normalized spacial score (nSPS) is 11.9. The third-order valence-electron chi connectivity index (χ3n) is 9.22. The van der Waals surface area contributed by atoms with E-state index in [9.17, 15) is 0 Å². The van der Waals surface area contributed by atoms with E-state index in [0.717, 1.165) is 38.3 Å². The monoisotopic (exact) mass is 630 g/mol. The summed E-state index contributed by atoms with van der Waals surface area (Å²) in [5, 5.41) is 10.9. The van der Waals surface area contributed by atoms with Crippen molar-refractivity contribution in [2.45, 2.75) is 14.7 Å². The van der Waals surface area contributed by atoms with Crippen molar-refractivity contribution in [1.82, 2.24) is 0 Å². The predicted molar refractivity (Wildman–Crippen MR) is 203 cm³/mol. The van der Waals surface area contributed by atoms with Crippen LogP contribution in [0.2, 0.25) is 0 Å². The third kappa shape index (κ3) is 4.52. The average molecular weight is 631 g/mol. The van der Waals surface area contributed by atoms with Crippen molar-refractivity contribution in [2.75, 3.05) is 0 Å². The molecular formula is C46H30OS. The van der Waals surface area contributed by atoms with E-state index in [4.69, 9.17) is 4.42 Å². The second-order valence-electron chi connectivity index (χ2n) is 11.9. The predicted octanol–water partition coefficient (Wildman–Crippen LogP) is 12.9. The number of para-hydroxylation sites is 1. The molecule has 1 aromatic heterocycles. The molecule has 0 saturated heterocycles. The van der Waals surface area contributed by atoms with Crippen LogP contribution in [0.3, 0.4) is 0 Å². The van der Waals surface area contributed by atoms with E-state index in [1.807, 2.05) is 12.1 Å². The summed E-state index contributed by atoms with van der Waals surface area (Å²) in [4.78, 5) is 3.67. The molecule has 0 saturated carbocycles. The second kappa shape index (κ2) is 11.7. The van der Waals surface area contributed by atoms with E-state index in [1.165, 1.54) is 36.6 Å². The van der Waals surface area contributed by atoms with Crippen molar-refractivity contribution in [3.8, 4) is 22.3 Å². The van der Waals surface area contributed by atoms with Gasteiger partial charge in [-0.15, -0.1) is 0 Å². The van der Waals surface area contributed by atoms with Gasteiger partial charge in [0.25, 0.3) is 0 Å². The highest BCUT2D eigenvalue weighted by atomic mass is 32.3. The highest BCUT2D eigenvalue weighted by Gasteiger charge is 2.29. The SMILES string of the molecule is C(#CS(c1ccccc1)(c1ccccc1)c1ccccc1)c1c2ccccc2c(-c2ccc3oc4ccccc4c3c2)c2ccccc12. The minimum atomic E-state index is -1.94. The van der Waals surface area contributed by atoms with Gasteiger partial charge in [-0.1, -0.05) is 143 Å². The Morgan fingerprint density at radius 1 is 0.375 bits per heavy atom. The van der Waals surface area contributed by atoms with Crippen LogP contribution in [0.1, 0.15) is 5.56 Å². The lowest BCUT2D eigenvalue weighted by atomic mass is 9.88. The van der Waals surface area contributed by atoms with Crippen LogP contribution >= 0.6 is 10.0 Å². The number of benzene rings is 8. The lowest BCUT2D eigenvalue weighted by Gasteiger charge is -2.36. The summed E-state index contributed by atoms with van der Waals surface area (Å²) in [7, 11) is -1.94. The molecule has 9 rings (SSSR count). The molecule has 0 spiro atoms. The van der Waals surface area contributed by atoms with Gasteiger partial charge < -0.3 is 4.42 Å². The van der Waals surface area contributed by atoms with Crippen LogP contribution in [0.4, 0.5) is 0 Å². The highest BCUT2D eigenvalue weighted by molar-refractivity contribution is 8.37. The number of hydrogen-bond acceptors (Lipinski definition) is 1. The van der Waals surface area contributed by atoms with Gasteiger partial charge in [0.2, 0.25) is 0 Å². The molecule has 8 aromatic carbocycles. The van der Waals surface area contributed by atoms with Gasteiger partial charge in [-0.05, 0) is 92.5 Å². The van der Waals surface area contributed by atoms with Crippen LogP contribution in [-0.4, -0.2) is 0 Å². The maximum absolute atomic E-state index is 6.19. The minimum absolute atomic E-state index is 0.901. The van der Waals surface area contributed by atoms with E-state index in [-0.39, 0.29) is 0 Å². The molecule has 0 radical (unpaired) electrons. The van der Waals surface area contributed by atoms with Gasteiger partial charge >= 0.3 is 0 Å². The van der Waals surface area contributed by atoms with E-state index >= 15 is 0 Å². The molecule has 2 heteroatoms. The Bertz CT molecular complexity index is 2510.